The van der Waals surface area contributed by atoms with Gasteiger partial charge in [-0.15, -0.1) is 0 Å². The van der Waals surface area contributed by atoms with Crippen molar-refractivity contribution >= 4 is 60.5 Å². The predicted molar refractivity (Wildman–Crippen MR) is 220 cm³/mol. The number of para-hydroxylation sites is 2. The van der Waals surface area contributed by atoms with Crippen LogP contribution in [0.15, 0.2) is 205 Å². The SMILES string of the molecule is c1ccc(N(c2ccc(-c3cccc(-c4cccc5ccccc45)c3)cc2)c2ccccc2-c2cccc3oc4cc5ccccc5cc4c23)cc1. The normalized spacial score (nSPS) is 11.5. The molecule has 1 heterocycles. The molecule has 0 fully saturated rings. The largest absolute Gasteiger partial charge is 0.456 e. The van der Waals surface area contributed by atoms with E-state index in [1.54, 1.807) is 0 Å². The summed E-state index contributed by atoms with van der Waals surface area (Å²) in [6.45, 7) is 0. The first-order valence-electron chi connectivity index (χ1n) is 17.8. The maximum absolute atomic E-state index is 6.49. The fourth-order valence-corrected chi connectivity index (χ4v) is 7.78. The molecule has 0 saturated heterocycles. The Morgan fingerprint density at radius 3 is 1.81 bits per heavy atom. The molecule has 244 valence electrons. The Bertz CT molecular complexity index is 2900. The van der Waals surface area contributed by atoms with Crippen molar-refractivity contribution in [1.82, 2.24) is 0 Å². The summed E-state index contributed by atoms with van der Waals surface area (Å²) in [7, 11) is 0. The number of nitrogens with zero attached hydrogens (tertiary/aromatic N) is 1. The Balaban J connectivity index is 1.09. The highest BCUT2D eigenvalue weighted by atomic mass is 16.3. The van der Waals surface area contributed by atoms with Gasteiger partial charge in [-0.3, -0.25) is 0 Å². The fourth-order valence-electron chi connectivity index (χ4n) is 7.78. The van der Waals surface area contributed by atoms with Gasteiger partial charge in [-0.1, -0.05) is 146 Å². The first kappa shape index (κ1) is 30.0. The van der Waals surface area contributed by atoms with Crippen LogP contribution in [0.25, 0.3) is 76.9 Å². The van der Waals surface area contributed by atoms with Crippen LogP contribution in [0, 0.1) is 0 Å². The minimum absolute atomic E-state index is 0.888. The van der Waals surface area contributed by atoms with Gasteiger partial charge in [0.2, 0.25) is 0 Å². The molecule has 0 unspecified atom stereocenters. The van der Waals surface area contributed by atoms with Crippen molar-refractivity contribution in [2.45, 2.75) is 0 Å². The van der Waals surface area contributed by atoms with E-state index in [1.807, 2.05) is 0 Å². The van der Waals surface area contributed by atoms with Crippen molar-refractivity contribution in [2.24, 2.45) is 0 Å². The number of benzene rings is 9. The van der Waals surface area contributed by atoms with Crippen LogP contribution in [-0.2, 0) is 0 Å². The Kier molecular flexibility index (Phi) is 7.18. The van der Waals surface area contributed by atoms with Gasteiger partial charge in [0.05, 0.1) is 5.69 Å². The maximum atomic E-state index is 6.49. The fraction of sp³-hybridized carbons (Fsp3) is 0. The molecule has 52 heavy (non-hydrogen) atoms. The Morgan fingerprint density at radius 2 is 0.942 bits per heavy atom. The molecule has 0 saturated carbocycles. The van der Waals surface area contributed by atoms with Crippen molar-refractivity contribution in [3.63, 3.8) is 0 Å². The molecule has 0 aliphatic rings. The molecular weight excluding hydrogens is 631 g/mol. The lowest BCUT2D eigenvalue weighted by molar-refractivity contribution is 0.669. The van der Waals surface area contributed by atoms with Gasteiger partial charge in [0.25, 0.3) is 0 Å². The van der Waals surface area contributed by atoms with E-state index in [1.165, 1.54) is 43.8 Å². The summed E-state index contributed by atoms with van der Waals surface area (Å²) in [6.07, 6.45) is 0. The molecule has 0 spiro atoms. The second kappa shape index (κ2) is 12.5. The summed E-state index contributed by atoms with van der Waals surface area (Å²) in [5.74, 6) is 0. The Hall–Kier alpha value is -6.90. The lowest BCUT2D eigenvalue weighted by atomic mass is 9.95. The minimum Gasteiger partial charge on any atom is -0.456 e. The summed E-state index contributed by atoms with van der Waals surface area (Å²) >= 11 is 0. The van der Waals surface area contributed by atoms with E-state index in [0.29, 0.717) is 0 Å². The van der Waals surface area contributed by atoms with Crippen LogP contribution in [0.1, 0.15) is 0 Å². The second-order valence-corrected chi connectivity index (χ2v) is 13.3. The van der Waals surface area contributed by atoms with Crippen molar-refractivity contribution < 1.29 is 4.42 Å². The topological polar surface area (TPSA) is 16.4 Å². The number of anilines is 3. The number of furan rings is 1. The molecular formula is C50H33NO. The van der Waals surface area contributed by atoms with Crippen molar-refractivity contribution in [3.05, 3.63) is 200 Å². The first-order chi connectivity index (χ1) is 25.8. The second-order valence-electron chi connectivity index (χ2n) is 13.3. The van der Waals surface area contributed by atoms with Crippen LogP contribution < -0.4 is 4.90 Å². The monoisotopic (exact) mass is 663 g/mol. The Labute approximate surface area is 302 Å². The standard InChI is InChI=1S/C50H33NO/c1-2-19-40(20-3-1)51(41-29-27-34(28-30-41)36-17-10-18-39(31-36)43-23-11-16-35-13-6-7-21-42(35)43)47-25-9-8-22-44(47)45-24-12-26-48-50(45)46-32-37-14-4-5-15-38(37)33-49(46)52-48/h1-33H. The number of hydrogen-bond acceptors (Lipinski definition) is 2. The van der Waals surface area contributed by atoms with Crippen LogP contribution in [-0.4, -0.2) is 0 Å². The van der Waals surface area contributed by atoms with E-state index in [-0.39, 0.29) is 0 Å². The molecule has 0 radical (unpaired) electrons. The zero-order chi connectivity index (χ0) is 34.4. The van der Waals surface area contributed by atoms with Crippen molar-refractivity contribution in [1.29, 1.82) is 0 Å². The van der Waals surface area contributed by atoms with E-state index >= 15 is 0 Å². The molecule has 0 atom stereocenters. The van der Waals surface area contributed by atoms with Gasteiger partial charge in [-0.2, -0.15) is 0 Å². The van der Waals surface area contributed by atoms with E-state index in [2.05, 4.69) is 205 Å². The van der Waals surface area contributed by atoms with Crippen molar-refractivity contribution in [2.75, 3.05) is 4.90 Å². The van der Waals surface area contributed by atoms with Crippen LogP contribution in [0.5, 0.6) is 0 Å². The quantitative estimate of drug-likeness (QED) is 0.176. The van der Waals surface area contributed by atoms with E-state index < -0.39 is 0 Å². The number of fused-ring (bicyclic) bond motifs is 5. The average molecular weight is 664 g/mol. The molecule has 0 amide bonds. The highest BCUT2D eigenvalue weighted by Gasteiger charge is 2.20. The summed E-state index contributed by atoms with van der Waals surface area (Å²) in [4.78, 5) is 2.36. The molecule has 0 bridgehead atoms. The van der Waals surface area contributed by atoms with Gasteiger partial charge in [-0.25, -0.2) is 0 Å². The van der Waals surface area contributed by atoms with E-state index in [0.717, 1.165) is 50.1 Å². The summed E-state index contributed by atoms with van der Waals surface area (Å²) in [5, 5.41) is 7.15. The third-order valence-corrected chi connectivity index (χ3v) is 10.2. The smallest absolute Gasteiger partial charge is 0.136 e. The number of rotatable bonds is 6. The van der Waals surface area contributed by atoms with Crippen LogP contribution >= 0.6 is 0 Å². The minimum atomic E-state index is 0.888. The molecule has 10 rings (SSSR count). The van der Waals surface area contributed by atoms with E-state index in [4.69, 9.17) is 4.42 Å². The molecule has 0 aliphatic heterocycles. The molecule has 2 nitrogen and oxygen atoms in total. The van der Waals surface area contributed by atoms with Crippen molar-refractivity contribution in [3.8, 4) is 33.4 Å². The molecule has 10 aromatic rings. The van der Waals surface area contributed by atoms with Gasteiger partial charge >= 0.3 is 0 Å². The van der Waals surface area contributed by atoms with Gasteiger partial charge in [-0.05, 0) is 104 Å². The lowest BCUT2D eigenvalue weighted by Gasteiger charge is -2.28. The molecule has 0 N–H and O–H groups in total. The Morgan fingerprint density at radius 1 is 0.327 bits per heavy atom. The highest BCUT2D eigenvalue weighted by molar-refractivity contribution is 6.16. The summed E-state index contributed by atoms with van der Waals surface area (Å²) in [6, 6.07) is 71.7. The molecule has 1 aromatic heterocycles. The van der Waals surface area contributed by atoms with Crippen LogP contribution in [0.3, 0.4) is 0 Å². The third-order valence-electron chi connectivity index (χ3n) is 10.2. The number of hydrogen-bond donors (Lipinski definition) is 0. The molecule has 2 heteroatoms. The zero-order valence-corrected chi connectivity index (χ0v) is 28.4. The first-order valence-corrected chi connectivity index (χ1v) is 17.8. The molecule has 9 aromatic carbocycles. The van der Waals surface area contributed by atoms with Crippen LogP contribution in [0.4, 0.5) is 17.1 Å². The summed E-state index contributed by atoms with van der Waals surface area (Å²) in [5.41, 5.74) is 12.2. The predicted octanol–water partition coefficient (Wildman–Crippen LogP) is 14.4. The maximum Gasteiger partial charge on any atom is 0.136 e. The van der Waals surface area contributed by atoms with Crippen LogP contribution in [0.2, 0.25) is 0 Å². The lowest BCUT2D eigenvalue weighted by Crippen LogP contribution is -2.11. The van der Waals surface area contributed by atoms with Gasteiger partial charge in [0, 0.05) is 27.7 Å². The van der Waals surface area contributed by atoms with Gasteiger partial charge in [0.1, 0.15) is 11.2 Å². The highest BCUT2D eigenvalue weighted by Crippen LogP contribution is 2.45. The molecule has 0 aliphatic carbocycles. The average Bonchev–Trinajstić information content (AvgIpc) is 3.58. The van der Waals surface area contributed by atoms with Gasteiger partial charge in [0.15, 0.2) is 0 Å². The van der Waals surface area contributed by atoms with E-state index in [9.17, 15) is 0 Å². The zero-order valence-electron chi connectivity index (χ0n) is 28.4. The van der Waals surface area contributed by atoms with Gasteiger partial charge < -0.3 is 9.32 Å². The summed E-state index contributed by atoms with van der Waals surface area (Å²) < 4.78 is 6.49. The third kappa shape index (κ3) is 5.12.